The van der Waals surface area contributed by atoms with Crippen LogP contribution in [-0.2, 0) is 16.0 Å². The van der Waals surface area contributed by atoms with E-state index >= 15 is 0 Å². The van der Waals surface area contributed by atoms with E-state index in [4.69, 9.17) is 14.2 Å². The number of fused-ring (bicyclic) bond motifs is 1. The fourth-order valence-electron chi connectivity index (χ4n) is 3.30. The Labute approximate surface area is 164 Å². The first-order valence-electron chi connectivity index (χ1n) is 9.03. The first-order chi connectivity index (χ1) is 13.6. The third-order valence-electron chi connectivity index (χ3n) is 4.68. The largest absolute Gasteiger partial charge is 0.497 e. The molecule has 0 saturated heterocycles. The molecule has 0 fully saturated rings. The lowest BCUT2D eigenvalue weighted by Crippen LogP contribution is -2.37. The average molecular weight is 384 g/mol. The van der Waals surface area contributed by atoms with Crippen molar-refractivity contribution in [3.05, 3.63) is 47.5 Å². The minimum Gasteiger partial charge on any atom is -0.497 e. The Bertz CT molecular complexity index is 881. The Hall–Kier alpha value is -3.06. The monoisotopic (exact) mass is 384 g/mol. The highest BCUT2D eigenvalue weighted by atomic mass is 16.5. The van der Waals surface area contributed by atoms with Gasteiger partial charge >= 0.3 is 0 Å². The standard InChI is InChI=1S/C21H24N2O5/c1-26-13-20(24)23-10-4-5-14-6-7-15(11-18(14)23)22-21(25)17-9-8-16(27-2)12-19(17)28-3/h6-9,11-12H,4-5,10,13H2,1-3H3,(H,22,25). The molecule has 1 heterocycles. The fourth-order valence-corrected chi connectivity index (χ4v) is 3.30. The lowest BCUT2D eigenvalue weighted by atomic mass is 10.0. The van der Waals surface area contributed by atoms with Crippen molar-refractivity contribution in [3.8, 4) is 11.5 Å². The van der Waals surface area contributed by atoms with Gasteiger partial charge in [0.1, 0.15) is 18.1 Å². The SMILES string of the molecule is COCC(=O)N1CCCc2ccc(NC(=O)c3ccc(OC)cc3OC)cc21. The van der Waals surface area contributed by atoms with Crippen molar-refractivity contribution in [2.24, 2.45) is 0 Å². The van der Waals surface area contributed by atoms with Gasteiger partial charge in [-0.05, 0) is 42.7 Å². The number of carbonyl (C=O) groups excluding carboxylic acids is 2. The van der Waals surface area contributed by atoms with Crippen LogP contribution in [0.5, 0.6) is 11.5 Å². The van der Waals surface area contributed by atoms with Crippen LogP contribution in [0.2, 0.25) is 0 Å². The number of rotatable bonds is 6. The van der Waals surface area contributed by atoms with Crippen LogP contribution >= 0.6 is 0 Å². The molecule has 0 aliphatic carbocycles. The molecule has 7 nitrogen and oxygen atoms in total. The molecule has 148 valence electrons. The summed E-state index contributed by atoms with van der Waals surface area (Å²) in [6.07, 6.45) is 1.80. The molecule has 1 aliphatic heterocycles. The van der Waals surface area contributed by atoms with E-state index in [9.17, 15) is 9.59 Å². The zero-order valence-corrected chi connectivity index (χ0v) is 16.3. The van der Waals surface area contributed by atoms with Crippen LogP contribution in [0.4, 0.5) is 11.4 Å². The van der Waals surface area contributed by atoms with Gasteiger partial charge in [-0.25, -0.2) is 0 Å². The van der Waals surface area contributed by atoms with Crippen LogP contribution in [-0.4, -0.2) is 46.3 Å². The predicted octanol–water partition coefficient (Wildman–Crippen LogP) is 2.88. The lowest BCUT2D eigenvalue weighted by Gasteiger charge is -2.30. The summed E-state index contributed by atoms with van der Waals surface area (Å²) >= 11 is 0. The number of amides is 2. The number of nitrogens with one attached hydrogen (secondary N) is 1. The van der Waals surface area contributed by atoms with Gasteiger partial charge in [-0.15, -0.1) is 0 Å². The summed E-state index contributed by atoms with van der Waals surface area (Å²) in [5.74, 6) is 0.634. The molecule has 2 amide bonds. The van der Waals surface area contributed by atoms with Crippen LogP contribution < -0.4 is 19.7 Å². The second-order valence-corrected chi connectivity index (χ2v) is 6.45. The Morgan fingerprint density at radius 3 is 2.61 bits per heavy atom. The number of hydrogen-bond acceptors (Lipinski definition) is 5. The van der Waals surface area contributed by atoms with Crippen LogP contribution in [0.15, 0.2) is 36.4 Å². The van der Waals surface area contributed by atoms with E-state index in [0.29, 0.717) is 29.3 Å². The summed E-state index contributed by atoms with van der Waals surface area (Å²) < 4.78 is 15.5. The number of methoxy groups -OCH3 is 3. The lowest BCUT2D eigenvalue weighted by molar-refractivity contribution is -0.122. The van der Waals surface area contributed by atoms with Crippen molar-refractivity contribution < 1.29 is 23.8 Å². The minimum absolute atomic E-state index is 0.0269. The average Bonchev–Trinajstić information content (AvgIpc) is 2.72. The van der Waals surface area contributed by atoms with Crippen molar-refractivity contribution in [3.63, 3.8) is 0 Å². The maximum Gasteiger partial charge on any atom is 0.259 e. The van der Waals surface area contributed by atoms with Gasteiger partial charge in [0.05, 0.1) is 19.8 Å². The summed E-state index contributed by atoms with van der Waals surface area (Å²) in [5.41, 5.74) is 2.90. The molecule has 0 saturated carbocycles. The van der Waals surface area contributed by atoms with Gasteiger partial charge in [0, 0.05) is 31.1 Å². The number of ether oxygens (including phenoxy) is 3. The third-order valence-corrected chi connectivity index (χ3v) is 4.68. The summed E-state index contributed by atoms with van der Waals surface area (Å²) in [6.45, 7) is 0.665. The van der Waals surface area contributed by atoms with E-state index < -0.39 is 0 Å². The number of anilines is 2. The highest BCUT2D eigenvalue weighted by molar-refractivity contribution is 6.07. The Morgan fingerprint density at radius 2 is 1.89 bits per heavy atom. The minimum atomic E-state index is -0.301. The topological polar surface area (TPSA) is 77.1 Å². The number of hydrogen-bond donors (Lipinski definition) is 1. The second kappa shape index (κ2) is 8.75. The predicted molar refractivity (Wildman–Crippen MR) is 106 cm³/mol. The molecule has 7 heteroatoms. The summed E-state index contributed by atoms with van der Waals surface area (Å²) in [4.78, 5) is 26.8. The van der Waals surface area contributed by atoms with E-state index in [-0.39, 0.29) is 18.4 Å². The van der Waals surface area contributed by atoms with E-state index in [2.05, 4.69) is 5.32 Å². The first-order valence-corrected chi connectivity index (χ1v) is 9.03. The second-order valence-electron chi connectivity index (χ2n) is 6.45. The van der Waals surface area contributed by atoms with Gasteiger partial charge in [-0.3, -0.25) is 9.59 Å². The van der Waals surface area contributed by atoms with E-state index in [1.54, 1.807) is 30.2 Å². The van der Waals surface area contributed by atoms with Crippen LogP contribution in [0.25, 0.3) is 0 Å². The molecule has 0 spiro atoms. The molecule has 1 N–H and O–H groups in total. The van der Waals surface area contributed by atoms with Crippen molar-refractivity contribution in [1.82, 2.24) is 0 Å². The number of carbonyl (C=O) groups is 2. The van der Waals surface area contributed by atoms with Gasteiger partial charge in [0.25, 0.3) is 11.8 Å². The Kier molecular flexibility index (Phi) is 6.16. The maximum absolute atomic E-state index is 12.7. The van der Waals surface area contributed by atoms with Gasteiger partial charge in [0.2, 0.25) is 0 Å². The van der Waals surface area contributed by atoms with Crippen LogP contribution in [0, 0.1) is 0 Å². The maximum atomic E-state index is 12.7. The van der Waals surface area contributed by atoms with Crippen molar-refractivity contribution in [2.45, 2.75) is 12.8 Å². The molecular formula is C21H24N2O5. The van der Waals surface area contributed by atoms with Crippen LogP contribution in [0.1, 0.15) is 22.3 Å². The zero-order chi connectivity index (χ0) is 20.1. The van der Waals surface area contributed by atoms with Gasteiger partial charge < -0.3 is 24.4 Å². The molecule has 0 aromatic heterocycles. The van der Waals surface area contributed by atoms with Gasteiger partial charge in [-0.1, -0.05) is 6.07 Å². The molecule has 28 heavy (non-hydrogen) atoms. The number of nitrogens with zero attached hydrogens (tertiary/aromatic N) is 1. The molecular weight excluding hydrogens is 360 g/mol. The highest BCUT2D eigenvalue weighted by Crippen LogP contribution is 2.31. The molecule has 2 aromatic rings. The molecule has 1 aliphatic rings. The quantitative estimate of drug-likeness (QED) is 0.829. The third kappa shape index (κ3) is 4.09. The summed E-state index contributed by atoms with van der Waals surface area (Å²) in [6, 6.07) is 10.6. The van der Waals surface area contributed by atoms with E-state index in [0.717, 1.165) is 24.1 Å². The summed E-state index contributed by atoms with van der Waals surface area (Å²) in [7, 11) is 4.56. The Balaban J connectivity index is 1.85. The highest BCUT2D eigenvalue weighted by Gasteiger charge is 2.23. The van der Waals surface area contributed by atoms with E-state index in [1.807, 2.05) is 18.2 Å². The molecule has 3 rings (SSSR count). The Morgan fingerprint density at radius 1 is 1.07 bits per heavy atom. The van der Waals surface area contributed by atoms with E-state index in [1.165, 1.54) is 14.2 Å². The normalized spacial score (nSPS) is 12.9. The molecule has 0 radical (unpaired) electrons. The van der Waals surface area contributed by atoms with Gasteiger partial charge in [-0.2, -0.15) is 0 Å². The smallest absolute Gasteiger partial charge is 0.259 e. The van der Waals surface area contributed by atoms with Crippen LogP contribution in [0.3, 0.4) is 0 Å². The number of aryl methyl sites for hydroxylation is 1. The number of benzene rings is 2. The van der Waals surface area contributed by atoms with Gasteiger partial charge in [0.15, 0.2) is 0 Å². The first kappa shape index (κ1) is 19.7. The molecule has 0 atom stereocenters. The fraction of sp³-hybridized carbons (Fsp3) is 0.333. The molecule has 0 unspecified atom stereocenters. The molecule has 0 bridgehead atoms. The summed E-state index contributed by atoms with van der Waals surface area (Å²) in [5, 5.41) is 2.88. The molecule has 2 aromatic carbocycles. The van der Waals surface area contributed by atoms with Crippen molar-refractivity contribution in [1.29, 1.82) is 0 Å². The van der Waals surface area contributed by atoms with Crippen molar-refractivity contribution >= 4 is 23.2 Å². The zero-order valence-electron chi connectivity index (χ0n) is 16.3. The van der Waals surface area contributed by atoms with Crippen molar-refractivity contribution in [2.75, 3.05) is 44.7 Å².